The summed E-state index contributed by atoms with van der Waals surface area (Å²) in [6.07, 6.45) is 0.180. The molecule has 0 aromatic heterocycles. The molecule has 0 N–H and O–H groups in total. The highest BCUT2D eigenvalue weighted by atomic mass is 79.9. The summed E-state index contributed by atoms with van der Waals surface area (Å²) in [4.78, 5) is 28.9. The zero-order chi connectivity index (χ0) is 22.7. The SMILES string of the molecule is COC(=O)C1(C(=O)OC)Cc2ccc(Br)cc2N(Cc2ccccc2)[C@@H]1c1ccccc1. The second kappa shape index (κ2) is 9.17. The maximum atomic E-state index is 13.4. The Labute approximate surface area is 196 Å². The molecule has 1 atom stereocenters. The first-order valence-corrected chi connectivity index (χ1v) is 11.1. The summed E-state index contributed by atoms with van der Waals surface area (Å²) in [6, 6.07) is 24.9. The second-order valence-corrected chi connectivity index (χ2v) is 8.75. The minimum Gasteiger partial charge on any atom is -0.468 e. The molecule has 5 nitrogen and oxygen atoms in total. The van der Waals surface area contributed by atoms with Gasteiger partial charge in [0.15, 0.2) is 5.41 Å². The Hall–Kier alpha value is -3.12. The van der Waals surface area contributed by atoms with Crippen LogP contribution in [0.5, 0.6) is 0 Å². The Kier molecular flexibility index (Phi) is 6.33. The summed E-state index contributed by atoms with van der Waals surface area (Å²) < 4.78 is 11.4. The van der Waals surface area contributed by atoms with E-state index in [0.717, 1.165) is 26.9 Å². The average molecular weight is 494 g/mol. The van der Waals surface area contributed by atoms with Gasteiger partial charge < -0.3 is 14.4 Å². The molecule has 0 saturated heterocycles. The number of rotatable bonds is 5. The summed E-state index contributed by atoms with van der Waals surface area (Å²) in [5.41, 5.74) is 2.18. The fourth-order valence-electron chi connectivity index (χ4n) is 4.63. The van der Waals surface area contributed by atoms with E-state index >= 15 is 0 Å². The number of anilines is 1. The Morgan fingerprint density at radius 3 is 2.12 bits per heavy atom. The lowest BCUT2D eigenvalue weighted by molar-refractivity contribution is -0.171. The fraction of sp³-hybridized carbons (Fsp3) is 0.231. The number of esters is 2. The van der Waals surface area contributed by atoms with Gasteiger partial charge in [-0.05, 0) is 28.8 Å². The number of nitrogens with zero attached hydrogens (tertiary/aromatic N) is 1. The van der Waals surface area contributed by atoms with Crippen LogP contribution in [0, 0.1) is 5.41 Å². The van der Waals surface area contributed by atoms with E-state index in [1.807, 2.05) is 78.9 Å². The van der Waals surface area contributed by atoms with Crippen molar-refractivity contribution in [2.75, 3.05) is 19.1 Å². The summed E-state index contributed by atoms with van der Waals surface area (Å²) in [7, 11) is 2.63. The van der Waals surface area contributed by atoms with E-state index < -0.39 is 23.4 Å². The molecule has 0 bridgehead atoms. The van der Waals surface area contributed by atoms with Gasteiger partial charge in [-0.2, -0.15) is 0 Å². The van der Waals surface area contributed by atoms with Gasteiger partial charge in [0, 0.05) is 23.1 Å². The van der Waals surface area contributed by atoms with Crippen LogP contribution in [0.25, 0.3) is 0 Å². The van der Waals surface area contributed by atoms with Gasteiger partial charge >= 0.3 is 11.9 Å². The first kappa shape index (κ1) is 22.1. The molecule has 164 valence electrons. The first-order chi connectivity index (χ1) is 15.5. The monoisotopic (exact) mass is 493 g/mol. The number of halogens is 1. The van der Waals surface area contributed by atoms with Gasteiger partial charge in [-0.3, -0.25) is 9.59 Å². The highest BCUT2D eigenvalue weighted by molar-refractivity contribution is 9.10. The van der Waals surface area contributed by atoms with Crippen molar-refractivity contribution in [1.82, 2.24) is 0 Å². The Morgan fingerprint density at radius 2 is 1.53 bits per heavy atom. The predicted molar refractivity (Wildman–Crippen MR) is 126 cm³/mol. The van der Waals surface area contributed by atoms with Crippen LogP contribution in [-0.2, 0) is 32.0 Å². The zero-order valence-electron chi connectivity index (χ0n) is 18.0. The summed E-state index contributed by atoms with van der Waals surface area (Å²) in [5, 5.41) is 0. The van der Waals surface area contributed by atoms with E-state index in [1.165, 1.54) is 14.2 Å². The van der Waals surface area contributed by atoms with Crippen molar-refractivity contribution >= 4 is 33.6 Å². The molecular formula is C26H24BrNO4. The molecule has 32 heavy (non-hydrogen) atoms. The number of benzene rings is 3. The van der Waals surface area contributed by atoms with Crippen molar-refractivity contribution < 1.29 is 19.1 Å². The topological polar surface area (TPSA) is 55.8 Å². The van der Waals surface area contributed by atoms with Crippen LogP contribution < -0.4 is 4.90 Å². The third kappa shape index (κ3) is 3.79. The largest absolute Gasteiger partial charge is 0.468 e. The molecule has 1 heterocycles. The molecule has 0 radical (unpaired) electrons. The van der Waals surface area contributed by atoms with Crippen LogP contribution in [0.4, 0.5) is 5.69 Å². The van der Waals surface area contributed by atoms with E-state index in [9.17, 15) is 9.59 Å². The fourth-order valence-corrected chi connectivity index (χ4v) is 4.98. The van der Waals surface area contributed by atoms with Crippen molar-refractivity contribution in [2.45, 2.75) is 19.0 Å². The third-order valence-corrected chi connectivity index (χ3v) is 6.51. The van der Waals surface area contributed by atoms with Crippen LogP contribution >= 0.6 is 15.9 Å². The van der Waals surface area contributed by atoms with Crippen LogP contribution in [0.1, 0.15) is 22.7 Å². The molecular weight excluding hydrogens is 470 g/mol. The van der Waals surface area contributed by atoms with Crippen LogP contribution in [0.15, 0.2) is 83.3 Å². The lowest BCUT2D eigenvalue weighted by Crippen LogP contribution is -2.56. The summed E-state index contributed by atoms with van der Waals surface area (Å²) in [5.74, 6) is -1.21. The summed E-state index contributed by atoms with van der Waals surface area (Å²) >= 11 is 3.58. The highest BCUT2D eigenvalue weighted by Gasteiger charge is 2.59. The molecule has 6 heteroatoms. The Morgan fingerprint density at radius 1 is 0.938 bits per heavy atom. The molecule has 1 aliphatic heterocycles. The molecule has 0 fully saturated rings. The molecule has 1 aliphatic rings. The molecule has 0 aliphatic carbocycles. The Balaban J connectivity index is 2.01. The van der Waals surface area contributed by atoms with Gasteiger partial charge in [-0.25, -0.2) is 0 Å². The first-order valence-electron chi connectivity index (χ1n) is 10.3. The number of hydrogen-bond donors (Lipinski definition) is 0. The van der Waals surface area contributed by atoms with Crippen LogP contribution in [0.2, 0.25) is 0 Å². The number of methoxy groups -OCH3 is 2. The number of fused-ring (bicyclic) bond motifs is 1. The normalized spacial score (nSPS) is 16.7. The van der Waals surface area contributed by atoms with Crippen LogP contribution in [-0.4, -0.2) is 26.2 Å². The van der Waals surface area contributed by atoms with E-state index in [-0.39, 0.29) is 6.42 Å². The number of ether oxygens (including phenoxy) is 2. The number of carbonyl (C=O) groups excluding carboxylic acids is 2. The van der Waals surface area contributed by atoms with Crippen molar-refractivity contribution in [2.24, 2.45) is 5.41 Å². The molecule has 0 unspecified atom stereocenters. The second-order valence-electron chi connectivity index (χ2n) is 7.83. The quantitative estimate of drug-likeness (QED) is 0.366. The third-order valence-electron chi connectivity index (χ3n) is 6.01. The van der Waals surface area contributed by atoms with Crippen molar-refractivity contribution in [3.8, 4) is 0 Å². The van der Waals surface area contributed by atoms with Gasteiger partial charge in [0.1, 0.15) is 0 Å². The lowest BCUT2D eigenvalue weighted by Gasteiger charge is -2.48. The van der Waals surface area contributed by atoms with E-state index in [1.54, 1.807) is 0 Å². The zero-order valence-corrected chi connectivity index (χ0v) is 19.5. The van der Waals surface area contributed by atoms with Crippen molar-refractivity contribution in [3.63, 3.8) is 0 Å². The van der Waals surface area contributed by atoms with E-state index in [4.69, 9.17) is 9.47 Å². The average Bonchev–Trinajstić information content (AvgIpc) is 2.84. The van der Waals surface area contributed by atoms with Gasteiger partial charge in [0.05, 0.1) is 20.3 Å². The Bertz CT molecular complexity index is 1100. The smallest absolute Gasteiger partial charge is 0.326 e. The molecule has 4 rings (SSSR count). The minimum atomic E-state index is -1.56. The van der Waals surface area contributed by atoms with Crippen LogP contribution in [0.3, 0.4) is 0 Å². The maximum Gasteiger partial charge on any atom is 0.326 e. The predicted octanol–water partition coefficient (Wildman–Crippen LogP) is 5.09. The standard InChI is InChI=1S/C26H24BrNO4/c1-31-24(29)26(25(30)32-2)16-20-13-14-21(27)15-22(20)28(17-18-9-5-3-6-10-18)23(26)19-11-7-4-8-12-19/h3-15,23H,16-17H2,1-2H3/t23-/m1/s1. The minimum absolute atomic E-state index is 0.180. The maximum absolute atomic E-state index is 13.4. The lowest BCUT2D eigenvalue weighted by atomic mass is 9.68. The van der Waals surface area contributed by atoms with Crippen molar-refractivity contribution in [3.05, 3.63) is 100 Å². The molecule has 0 saturated carbocycles. The van der Waals surface area contributed by atoms with Gasteiger partial charge in [0.25, 0.3) is 0 Å². The highest BCUT2D eigenvalue weighted by Crippen LogP contribution is 2.52. The van der Waals surface area contributed by atoms with E-state index in [0.29, 0.717) is 6.54 Å². The number of carbonyl (C=O) groups is 2. The number of hydrogen-bond acceptors (Lipinski definition) is 5. The summed E-state index contributed by atoms with van der Waals surface area (Å²) in [6.45, 7) is 0.500. The van der Waals surface area contributed by atoms with Crippen molar-refractivity contribution in [1.29, 1.82) is 0 Å². The van der Waals surface area contributed by atoms with Gasteiger partial charge in [-0.1, -0.05) is 82.7 Å². The van der Waals surface area contributed by atoms with E-state index in [2.05, 4.69) is 20.8 Å². The molecule has 0 spiro atoms. The molecule has 0 amide bonds. The molecule has 3 aromatic carbocycles. The van der Waals surface area contributed by atoms with Gasteiger partial charge in [-0.15, -0.1) is 0 Å². The molecule has 3 aromatic rings. The van der Waals surface area contributed by atoms with Gasteiger partial charge in [0.2, 0.25) is 0 Å².